The fraction of sp³-hybridized carbons (Fsp3) is 0.379. The first-order valence-electron chi connectivity index (χ1n) is 12.7. The van der Waals surface area contributed by atoms with Crippen molar-refractivity contribution in [2.75, 3.05) is 36.5 Å². The number of hydrogen-bond acceptors (Lipinski definition) is 6. The van der Waals surface area contributed by atoms with Crippen LogP contribution in [0.15, 0.2) is 67.3 Å². The minimum absolute atomic E-state index is 0. The average Bonchev–Trinajstić information content (AvgIpc) is 2.96. The summed E-state index contributed by atoms with van der Waals surface area (Å²) in [5.41, 5.74) is 2.64. The van der Waals surface area contributed by atoms with E-state index in [1.807, 2.05) is 61.9 Å². The van der Waals surface area contributed by atoms with Crippen LogP contribution in [0.25, 0.3) is 0 Å². The smallest absolute Gasteiger partial charge is 0.242 e. The molecular formula is C29H38Cl3N5O3. The third-order valence-electron chi connectivity index (χ3n) is 6.71. The summed E-state index contributed by atoms with van der Waals surface area (Å²) in [5.74, 6) is 0.255. The standard InChI is InChI=1S/C29H35N5O3.3ClH/c1-5-34-25-10-9-24(18-26(25)32(4)27(35)29(2,3)28(34)36)37-17-7-16-33(20-22-11-14-30-15-12-22)21-23-8-6-13-31-19-23;;;/h6,8-15,18-19H,5,7,16-17,20-21H2,1-4H3;3*1H. The molecular weight excluding hydrogens is 573 g/mol. The SMILES string of the molecule is CCN1C(=O)C(C)(C)C(=O)N(C)c2cc(OCCCN(Cc3ccncc3)Cc3cccnc3)ccc21.Cl.Cl.Cl. The van der Waals surface area contributed by atoms with E-state index in [9.17, 15) is 9.59 Å². The second kappa shape index (κ2) is 15.8. The molecule has 0 unspecified atom stereocenters. The van der Waals surface area contributed by atoms with Crippen LogP contribution in [0.1, 0.15) is 38.3 Å². The minimum Gasteiger partial charge on any atom is -0.493 e. The van der Waals surface area contributed by atoms with Crippen molar-refractivity contribution in [3.05, 3.63) is 78.4 Å². The number of hydrogen-bond donors (Lipinski definition) is 0. The maximum absolute atomic E-state index is 13.1. The molecule has 1 aromatic carbocycles. The lowest BCUT2D eigenvalue weighted by molar-refractivity contribution is -0.137. The Morgan fingerprint density at radius 1 is 0.875 bits per heavy atom. The summed E-state index contributed by atoms with van der Waals surface area (Å²) in [6, 6.07) is 13.7. The van der Waals surface area contributed by atoms with Crippen LogP contribution in [0.2, 0.25) is 0 Å². The Bertz CT molecular complexity index is 1190. The van der Waals surface area contributed by atoms with Crippen molar-refractivity contribution in [2.24, 2.45) is 5.41 Å². The Labute approximate surface area is 255 Å². The van der Waals surface area contributed by atoms with Gasteiger partial charge in [-0.15, -0.1) is 37.2 Å². The predicted octanol–water partition coefficient (Wildman–Crippen LogP) is 5.57. The van der Waals surface area contributed by atoms with Gasteiger partial charge in [0, 0.05) is 64.1 Å². The highest BCUT2D eigenvalue weighted by molar-refractivity contribution is 6.20. The Hall–Kier alpha value is -2.91. The van der Waals surface area contributed by atoms with Gasteiger partial charge in [0.15, 0.2) is 0 Å². The van der Waals surface area contributed by atoms with Crippen LogP contribution >= 0.6 is 37.2 Å². The molecule has 0 bridgehead atoms. The van der Waals surface area contributed by atoms with Crippen LogP contribution in [-0.4, -0.2) is 53.4 Å². The van der Waals surface area contributed by atoms with Crippen molar-refractivity contribution in [3.63, 3.8) is 0 Å². The molecule has 4 rings (SSSR count). The number of ether oxygens (including phenoxy) is 1. The van der Waals surface area contributed by atoms with E-state index in [0.717, 1.165) is 37.3 Å². The van der Waals surface area contributed by atoms with Crippen LogP contribution in [0, 0.1) is 5.41 Å². The van der Waals surface area contributed by atoms with Crippen molar-refractivity contribution < 1.29 is 14.3 Å². The average molecular weight is 611 g/mol. The van der Waals surface area contributed by atoms with E-state index < -0.39 is 5.41 Å². The molecule has 3 heterocycles. The summed E-state index contributed by atoms with van der Waals surface area (Å²) >= 11 is 0. The Morgan fingerprint density at radius 3 is 2.23 bits per heavy atom. The summed E-state index contributed by atoms with van der Waals surface area (Å²) in [6.07, 6.45) is 8.13. The lowest BCUT2D eigenvalue weighted by atomic mass is 9.90. The Balaban J connectivity index is 0.00000267. The van der Waals surface area contributed by atoms with Crippen molar-refractivity contribution in [2.45, 2.75) is 40.3 Å². The molecule has 2 amide bonds. The second-order valence-corrected chi connectivity index (χ2v) is 9.82. The zero-order chi connectivity index (χ0) is 26.4. The molecule has 0 radical (unpaired) electrons. The number of benzene rings is 1. The van der Waals surface area contributed by atoms with Gasteiger partial charge >= 0.3 is 0 Å². The van der Waals surface area contributed by atoms with E-state index in [-0.39, 0.29) is 49.0 Å². The van der Waals surface area contributed by atoms with Gasteiger partial charge in [0.25, 0.3) is 0 Å². The summed E-state index contributed by atoms with van der Waals surface area (Å²) in [4.78, 5) is 40.1. The normalized spacial score (nSPS) is 13.9. The number of carbonyl (C=O) groups is 2. The monoisotopic (exact) mass is 609 g/mol. The summed E-state index contributed by atoms with van der Waals surface area (Å²) in [5, 5.41) is 0. The summed E-state index contributed by atoms with van der Waals surface area (Å²) in [6.45, 7) is 8.73. The van der Waals surface area contributed by atoms with E-state index in [0.29, 0.717) is 24.6 Å². The lowest BCUT2D eigenvalue weighted by Crippen LogP contribution is -2.47. The van der Waals surface area contributed by atoms with Crippen LogP contribution in [0.5, 0.6) is 5.75 Å². The Kier molecular flexibility index (Phi) is 13.8. The van der Waals surface area contributed by atoms with Gasteiger partial charge in [0.05, 0.1) is 18.0 Å². The molecule has 0 N–H and O–H groups in total. The number of anilines is 2. The molecule has 40 heavy (non-hydrogen) atoms. The van der Waals surface area contributed by atoms with Gasteiger partial charge in [0.2, 0.25) is 11.8 Å². The molecule has 0 spiro atoms. The number of aromatic nitrogens is 2. The highest BCUT2D eigenvalue weighted by Crippen LogP contribution is 2.40. The van der Waals surface area contributed by atoms with E-state index in [1.54, 1.807) is 36.9 Å². The molecule has 0 fully saturated rings. The summed E-state index contributed by atoms with van der Waals surface area (Å²) < 4.78 is 6.10. The maximum Gasteiger partial charge on any atom is 0.242 e. The van der Waals surface area contributed by atoms with Crippen molar-refractivity contribution in [1.82, 2.24) is 14.9 Å². The molecule has 2 aromatic heterocycles. The molecule has 0 saturated carbocycles. The van der Waals surface area contributed by atoms with E-state index in [4.69, 9.17) is 4.74 Å². The molecule has 218 valence electrons. The van der Waals surface area contributed by atoms with Crippen molar-refractivity contribution in [1.29, 1.82) is 0 Å². The zero-order valence-corrected chi connectivity index (χ0v) is 25.7. The second-order valence-electron chi connectivity index (χ2n) is 9.82. The number of halogens is 3. The first-order valence-corrected chi connectivity index (χ1v) is 12.7. The quantitative estimate of drug-likeness (QED) is 0.221. The maximum atomic E-state index is 13.1. The first-order chi connectivity index (χ1) is 17.8. The lowest BCUT2D eigenvalue weighted by Gasteiger charge is -2.27. The number of carbonyl (C=O) groups excluding carboxylic acids is 2. The van der Waals surface area contributed by atoms with Crippen LogP contribution < -0.4 is 14.5 Å². The third kappa shape index (κ3) is 8.07. The number of fused-ring (bicyclic) bond motifs is 1. The van der Waals surface area contributed by atoms with Gasteiger partial charge in [-0.1, -0.05) is 6.07 Å². The topological polar surface area (TPSA) is 78.9 Å². The van der Waals surface area contributed by atoms with E-state index in [1.165, 1.54) is 5.56 Å². The van der Waals surface area contributed by atoms with Gasteiger partial charge in [-0.05, 0) is 68.7 Å². The predicted molar refractivity (Wildman–Crippen MR) is 166 cm³/mol. The van der Waals surface area contributed by atoms with Crippen molar-refractivity contribution >= 4 is 60.4 Å². The molecule has 0 saturated heterocycles. The molecule has 3 aromatic rings. The van der Waals surface area contributed by atoms with E-state index >= 15 is 0 Å². The largest absolute Gasteiger partial charge is 0.493 e. The molecule has 8 nitrogen and oxygen atoms in total. The number of rotatable bonds is 10. The first kappa shape index (κ1) is 35.1. The van der Waals surface area contributed by atoms with Gasteiger partial charge < -0.3 is 14.5 Å². The van der Waals surface area contributed by atoms with Gasteiger partial charge in [-0.3, -0.25) is 24.5 Å². The zero-order valence-electron chi connectivity index (χ0n) is 23.3. The fourth-order valence-electron chi connectivity index (χ4n) is 4.66. The minimum atomic E-state index is -1.13. The number of amides is 2. The van der Waals surface area contributed by atoms with Crippen LogP contribution in [-0.2, 0) is 22.7 Å². The molecule has 1 aliphatic rings. The third-order valence-corrected chi connectivity index (χ3v) is 6.71. The number of nitrogens with zero attached hydrogens (tertiary/aromatic N) is 5. The molecule has 1 aliphatic heterocycles. The highest BCUT2D eigenvalue weighted by Gasteiger charge is 2.45. The molecule has 0 atom stereocenters. The molecule has 11 heteroatoms. The van der Waals surface area contributed by atoms with Gasteiger partial charge in [-0.25, -0.2) is 0 Å². The van der Waals surface area contributed by atoms with Crippen LogP contribution in [0.3, 0.4) is 0 Å². The summed E-state index contributed by atoms with van der Waals surface area (Å²) in [7, 11) is 1.72. The Morgan fingerprint density at radius 2 is 1.57 bits per heavy atom. The number of pyridine rings is 2. The highest BCUT2D eigenvalue weighted by atomic mass is 35.5. The van der Waals surface area contributed by atoms with Crippen molar-refractivity contribution in [3.8, 4) is 5.75 Å². The fourth-order valence-corrected chi connectivity index (χ4v) is 4.66. The van der Waals surface area contributed by atoms with Crippen LogP contribution in [0.4, 0.5) is 11.4 Å². The van der Waals surface area contributed by atoms with Gasteiger partial charge in [-0.2, -0.15) is 0 Å². The molecule has 0 aliphatic carbocycles. The van der Waals surface area contributed by atoms with Gasteiger partial charge in [0.1, 0.15) is 11.2 Å². The van der Waals surface area contributed by atoms with E-state index in [2.05, 4.69) is 20.9 Å².